The van der Waals surface area contributed by atoms with Gasteiger partial charge in [-0.15, -0.1) is 0 Å². The molecule has 0 spiro atoms. The number of halogens is 1. The average molecular weight is 252 g/mol. The Morgan fingerprint density at radius 3 is 2.26 bits per heavy atom. The largest absolute Gasteiger partial charge is 0.289 e. The van der Waals surface area contributed by atoms with Crippen molar-refractivity contribution in [1.29, 1.82) is 0 Å². The summed E-state index contributed by atoms with van der Waals surface area (Å²) in [6, 6.07) is 15.3. The van der Waals surface area contributed by atoms with Gasteiger partial charge in [0, 0.05) is 5.56 Å². The van der Waals surface area contributed by atoms with Gasteiger partial charge < -0.3 is 0 Å². The van der Waals surface area contributed by atoms with Crippen LogP contribution >= 0.6 is 0 Å². The van der Waals surface area contributed by atoms with E-state index in [2.05, 4.69) is 0 Å². The van der Waals surface area contributed by atoms with E-state index in [1.165, 1.54) is 30.3 Å². The molecule has 0 fully saturated rings. The molecule has 1 nitrogen and oxygen atoms in total. The summed E-state index contributed by atoms with van der Waals surface area (Å²) in [5, 5.41) is 0. The van der Waals surface area contributed by atoms with Gasteiger partial charge in [-0.2, -0.15) is 0 Å². The number of benzene rings is 2. The molecular formula is C17H13FO. The van der Waals surface area contributed by atoms with E-state index < -0.39 is 0 Å². The summed E-state index contributed by atoms with van der Waals surface area (Å²) in [5.41, 5.74) is 1.55. The van der Waals surface area contributed by atoms with Gasteiger partial charge in [0.15, 0.2) is 5.78 Å². The third-order valence-electron chi connectivity index (χ3n) is 2.58. The number of hydrogen-bond donors (Lipinski definition) is 0. The fourth-order valence-corrected chi connectivity index (χ4v) is 1.58. The van der Waals surface area contributed by atoms with Gasteiger partial charge in [0.25, 0.3) is 0 Å². The van der Waals surface area contributed by atoms with Crippen LogP contribution in [0.15, 0.2) is 72.8 Å². The zero-order valence-corrected chi connectivity index (χ0v) is 10.3. The van der Waals surface area contributed by atoms with Crippen LogP contribution in [0, 0.1) is 5.82 Å². The summed E-state index contributed by atoms with van der Waals surface area (Å²) in [7, 11) is 0. The summed E-state index contributed by atoms with van der Waals surface area (Å²) < 4.78 is 12.7. The van der Waals surface area contributed by atoms with Crippen molar-refractivity contribution < 1.29 is 9.18 Å². The van der Waals surface area contributed by atoms with E-state index in [4.69, 9.17) is 0 Å². The van der Waals surface area contributed by atoms with E-state index in [-0.39, 0.29) is 11.6 Å². The Kier molecular flexibility index (Phi) is 4.40. The third-order valence-corrected chi connectivity index (χ3v) is 2.58. The van der Waals surface area contributed by atoms with Crippen molar-refractivity contribution in [2.24, 2.45) is 0 Å². The maximum atomic E-state index is 12.7. The number of carbonyl (C=O) groups excluding carboxylic acids is 1. The maximum Gasteiger partial charge on any atom is 0.185 e. The molecule has 2 heteroatoms. The summed E-state index contributed by atoms with van der Waals surface area (Å²) in [5.74, 6) is -0.484. The fraction of sp³-hybridized carbons (Fsp3) is 0. The van der Waals surface area contributed by atoms with Gasteiger partial charge in [0.05, 0.1) is 0 Å². The zero-order valence-electron chi connectivity index (χ0n) is 10.3. The van der Waals surface area contributed by atoms with Crippen LogP contribution < -0.4 is 0 Å². The van der Waals surface area contributed by atoms with Crippen LogP contribution in [0.5, 0.6) is 0 Å². The van der Waals surface area contributed by atoms with Crippen LogP contribution in [0.1, 0.15) is 15.9 Å². The Hall–Kier alpha value is -2.48. The lowest BCUT2D eigenvalue weighted by atomic mass is 10.1. The number of carbonyl (C=O) groups is 1. The highest BCUT2D eigenvalue weighted by Crippen LogP contribution is 2.05. The molecule has 0 saturated heterocycles. The molecule has 0 aliphatic rings. The van der Waals surface area contributed by atoms with Crippen molar-refractivity contribution in [3.05, 3.63) is 89.8 Å². The van der Waals surface area contributed by atoms with Crippen molar-refractivity contribution in [3.8, 4) is 0 Å². The summed E-state index contributed by atoms with van der Waals surface area (Å²) in [6.07, 6.45) is 6.86. The predicted octanol–water partition coefficient (Wildman–Crippen LogP) is 4.28. The van der Waals surface area contributed by atoms with Crippen molar-refractivity contribution in [3.63, 3.8) is 0 Å². The molecule has 0 aliphatic heterocycles. The molecule has 0 heterocycles. The van der Waals surface area contributed by atoms with Gasteiger partial charge in [0.1, 0.15) is 5.82 Å². The predicted molar refractivity (Wildman–Crippen MR) is 75.3 cm³/mol. The van der Waals surface area contributed by atoms with Crippen LogP contribution in [0.3, 0.4) is 0 Å². The Morgan fingerprint density at radius 2 is 1.58 bits per heavy atom. The molecule has 2 aromatic carbocycles. The first-order chi connectivity index (χ1) is 9.25. The van der Waals surface area contributed by atoms with Gasteiger partial charge in [-0.3, -0.25) is 4.79 Å². The van der Waals surface area contributed by atoms with Crippen molar-refractivity contribution in [2.75, 3.05) is 0 Å². The van der Waals surface area contributed by atoms with E-state index in [0.29, 0.717) is 5.56 Å². The lowest BCUT2D eigenvalue weighted by Crippen LogP contribution is -1.93. The Labute approximate surface area is 111 Å². The molecule has 0 N–H and O–H groups in total. The third kappa shape index (κ3) is 4.03. The summed E-state index contributed by atoms with van der Waals surface area (Å²) >= 11 is 0. The second-order valence-electron chi connectivity index (χ2n) is 4.00. The first kappa shape index (κ1) is 13.0. The Balaban J connectivity index is 1.97. The normalized spacial score (nSPS) is 11.2. The number of allylic oxidation sites excluding steroid dienone is 3. The minimum absolute atomic E-state index is 0.141. The monoisotopic (exact) mass is 252 g/mol. The lowest BCUT2D eigenvalue weighted by Gasteiger charge is -1.94. The molecule has 0 radical (unpaired) electrons. The van der Waals surface area contributed by atoms with Gasteiger partial charge in [-0.25, -0.2) is 4.39 Å². The topological polar surface area (TPSA) is 17.1 Å². The average Bonchev–Trinajstić information content (AvgIpc) is 2.45. The molecular weight excluding hydrogens is 239 g/mol. The quantitative estimate of drug-likeness (QED) is 0.451. The molecule has 0 aromatic heterocycles. The van der Waals surface area contributed by atoms with Crippen LogP contribution in [0.2, 0.25) is 0 Å². The maximum absolute atomic E-state index is 12.7. The SMILES string of the molecule is O=C(C=C/C=C/c1ccccc1)c1ccc(F)cc1. The summed E-state index contributed by atoms with van der Waals surface area (Å²) in [6.45, 7) is 0. The molecule has 2 rings (SSSR count). The van der Waals surface area contributed by atoms with E-state index in [9.17, 15) is 9.18 Å². The minimum atomic E-state index is -0.343. The molecule has 0 saturated carbocycles. The number of ketones is 1. The summed E-state index contributed by atoms with van der Waals surface area (Å²) in [4.78, 5) is 11.7. The molecule has 94 valence electrons. The Morgan fingerprint density at radius 1 is 0.895 bits per heavy atom. The van der Waals surface area contributed by atoms with Crippen LogP contribution in [0.4, 0.5) is 4.39 Å². The van der Waals surface area contributed by atoms with Crippen LogP contribution in [0.25, 0.3) is 6.08 Å². The molecule has 0 bridgehead atoms. The van der Waals surface area contributed by atoms with E-state index in [1.807, 2.05) is 36.4 Å². The van der Waals surface area contributed by atoms with E-state index in [1.54, 1.807) is 12.2 Å². The lowest BCUT2D eigenvalue weighted by molar-refractivity contribution is 0.104. The highest BCUT2D eigenvalue weighted by atomic mass is 19.1. The molecule has 19 heavy (non-hydrogen) atoms. The number of rotatable bonds is 4. The zero-order chi connectivity index (χ0) is 13.5. The van der Waals surface area contributed by atoms with E-state index >= 15 is 0 Å². The number of hydrogen-bond acceptors (Lipinski definition) is 1. The highest BCUT2D eigenvalue weighted by Gasteiger charge is 2.00. The standard InChI is InChI=1S/C17H13FO/c18-16-12-10-15(11-13-16)17(19)9-5-4-8-14-6-2-1-3-7-14/h1-13H/b8-4+,9-5?. The minimum Gasteiger partial charge on any atom is -0.289 e. The van der Waals surface area contributed by atoms with Gasteiger partial charge in [-0.05, 0) is 35.9 Å². The molecule has 0 amide bonds. The molecule has 0 atom stereocenters. The second kappa shape index (κ2) is 6.45. The molecule has 0 aliphatic carbocycles. The first-order valence-corrected chi connectivity index (χ1v) is 5.95. The molecule has 0 unspecified atom stereocenters. The van der Waals surface area contributed by atoms with Crippen LogP contribution in [-0.2, 0) is 0 Å². The van der Waals surface area contributed by atoms with Crippen molar-refractivity contribution in [2.45, 2.75) is 0 Å². The van der Waals surface area contributed by atoms with Crippen molar-refractivity contribution >= 4 is 11.9 Å². The fourth-order valence-electron chi connectivity index (χ4n) is 1.58. The van der Waals surface area contributed by atoms with Crippen LogP contribution in [-0.4, -0.2) is 5.78 Å². The van der Waals surface area contributed by atoms with Gasteiger partial charge >= 0.3 is 0 Å². The smallest absolute Gasteiger partial charge is 0.185 e. The van der Waals surface area contributed by atoms with Gasteiger partial charge in [0.2, 0.25) is 0 Å². The van der Waals surface area contributed by atoms with Crippen molar-refractivity contribution in [1.82, 2.24) is 0 Å². The first-order valence-electron chi connectivity index (χ1n) is 5.95. The van der Waals surface area contributed by atoms with E-state index in [0.717, 1.165) is 5.56 Å². The second-order valence-corrected chi connectivity index (χ2v) is 4.00. The molecule has 2 aromatic rings. The highest BCUT2D eigenvalue weighted by molar-refractivity contribution is 6.04. The Bertz CT molecular complexity index is 595. The van der Waals surface area contributed by atoms with Gasteiger partial charge in [-0.1, -0.05) is 48.6 Å².